The highest BCUT2D eigenvalue weighted by atomic mass is 32.2. The lowest BCUT2D eigenvalue weighted by atomic mass is 10.1. The second kappa shape index (κ2) is 10.0. The molecule has 0 saturated heterocycles. The summed E-state index contributed by atoms with van der Waals surface area (Å²) in [5.74, 6) is -2.11. The van der Waals surface area contributed by atoms with Crippen LogP contribution in [0.3, 0.4) is 0 Å². The van der Waals surface area contributed by atoms with Crippen LogP contribution in [0, 0.1) is 5.82 Å². The SMILES string of the molecule is CC(=O)Nc1ccc(C(=O)COC(=O)c2cccc(S(=O)(=O)Nc3ccc(F)cc3)c2)cc1. The number of halogens is 1. The van der Waals surface area contributed by atoms with Gasteiger partial charge in [0.2, 0.25) is 5.91 Å². The predicted molar refractivity (Wildman–Crippen MR) is 119 cm³/mol. The van der Waals surface area contributed by atoms with Crippen LogP contribution in [-0.2, 0) is 19.6 Å². The average Bonchev–Trinajstić information content (AvgIpc) is 2.79. The van der Waals surface area contributed by atoms with Gasteiger partial charge < -0.3 is 10.1 Å². The summed E-state index contributed by atoms with van der Waals surface area (Å²) in [4.78, 5) is 35.5. The van der Waals surface area contributed by atoms with E-state index >= 15 is 0 Å². The Labute approximate surface area is 189 Å². The van der Waals surface area contributed by atoms with E-state index in [1.807, 2.05) is 0 Å². The second-order valence-electron chi connectivity index (χ2n) is 6.90. The first-order chi connectivity index (χ1) is 15.6. The van der Waals surface area contributed by atoms with Crippen molar-refractivity contribution in [2.75, 3.05) is 16.6 Å². The molecule has 0 aliphatic heterocycles. The monoisotopic (exact) mass is 470 g/mol. The molecule has 0 aromatic heterocycles. The number of rotatable bonds is 8. The third kappa shape index (κ3) is 6.47. The number of benzene rings is 3. The topological polar surface area (TPSA) is 119 Å². The number of anilines is 2. The van der Waals surface area contributed by atoms with Gasteiger partial charge in [0.05, 0.1) is 10.5 Å². The lowest BCUT2D eigenvalue weighted by Gasteiger charge is -2.10. The number of hydrogen-bond acceptors (Lipinski definition) is 6. The van der Waals surface area contributed by atoms with Crippen LogP contribution < -0.4 is 10.0 Å². The first-order valence-electron chi connectivity index (χ1n) is 9.60. The van der Waals surface area contributed by atoms with E-state index in [0.717, 1.165) is 18.2 Å². The van der Waals surface area contributed by atoms with Crippen LogP contribution in [0.15, 0.2) is 77.7 Å². The van der Waals surface area contributed by atoms with Gasteiger partial charge in [0.1, 0.15) is 5.82 Å². The van der Waals surface area contributed by atoms with Crippen LogP contribution in [0.2, 0.25) is 0 Å². The number of nitrogens with one attached hydrogen (secondary N) is 2. The van der Waals surface area contributed by atoms with Crippen LogP contribution in [0.4, 0.5) is 15.8 Å². The Hall–Kier alpha value is -4.05. The second-order valence-corrected chi connectivity index (χ2v) is 8.58. The number of ketones is 1. The molecule has 0 fully saturated rings. The zero-order valence-electron chi connectivity index (χ0n) is 17.4. The van der Waals surface area contributed by atoms with E-state index in [1.165, 1.54) is 49.4 Å². The molecule has 0 bridgehead atoms. The third-order valence-electron chi connectivity index (χ3n) is 4.34. The summed E-state index contributed by atoms with van der Waals surface area (Å²) < 4.78 is 45.5. The normalized spacial score (nSPS) is 10.8. The third-order valence-corrected chi connectivity index (χ3v) is 5.72. The van der Waals surface area contributed by atoms with E-state index in [0.29, 0.717) is 5.69 Å². The summed E-state index contributed by atoms with van der Waals surface area (Å²) in [6, 6.07) is 15.9. The Morgan fingerprint density at radius 1 is 0.879 bits per heavy atom. The number of hydrogen-bond donors (Lipinski definition) is 2. The maximum Gasteiger partial charge on any atom is 0.338 e. The van der Waals surface area contributed by atoms with E-state index in [2.05, 4.69) is 10.0 Å². The maximum absolute atomic E-state index is 13.0. The number of esters is 1. The highest BCUT2D eigenvalue weighted by Crippen LogP contribution is 2.18. The van der Waals surface area contributed by atoms with E-state index in [4.69, 9.17) is 4.74 Å². The molecule has 3 aromatic carbocycles. The van der Waals surface area contributed by atoms with Crippen molar-refractivity contribution < 1.29 is 31.9 Å². The number of ether oxygens (including phenoxy) is 1. The molecule has 8 nitrogen and oxygen atoms in total. The highest BCUT2D eigenvalue weighted by molar-refractivity contribution is 7.92. The molecular weight excluding hydrogens is 451 g/mol. The minimum Gasteiger partial charge on any atom is -0.454 e. The summed E-state index contributed by atoms with van der Waals surface area (Å²) in [7, 11) is -4.05. The summed E-state index contributed by atoms with van der Waals surface area (Å²) in [6.07, 6.45) is 0. The zero-order chi connectivity index (χ0) is 24.0. The van der Waals surface area contributed by atoms with E-state index in [1.54, 1.807) is 12.1 Å². The summed E-state index contributed by atoms with van der Waals surface area (Å²) in [6.45, 7) is 0.806. The molecule has 0 aliphatic rings. The van der Waals surface area contributed by atoms with Crippen LogP contribution >= 0.6 is 0 Å². The minimum atomic E-state index is -4.05. The molecular formula is C23H19FN2O6S. The number of carbonyl (C=O) groups is 3. The number of Topliss-reactive ketones (excluding diaryl/α,β-unsaturated/α-hetero) is 1. The fourth-order valence-corrected chi connectivity index (χ4v) is 3.87. The Kier molecular flexibility index (Phi) is 7.19. The van der Waals surface area contributed by atoms with Gasteiger partial charge in [-0.1, -0.05) is 6.07 Å². The maximum atomic E-state index is 13.0. The highest BCUT2D eigenvalue weighted by Gasteiger charge is 2.18. The van der Waals surface area contributed by atoms with Crippen molar-refractivity contribution >= 4 is 39.1 Å². The fraction of sp³-hybridized carbons (Fsp3) is 0.0870. The molecule has 0 aliphatic carbocycles. The standard InChI is InChI=1S/C23H19FN2O6S/c1-15(27)25-19-9-5-16(6-10-19)22(28)14-32-23(29)17-3-2-4-21(13-17)33(30,31)26-20-11-7-18(24)8-12-20/h2-13,26H,14H2,1H3,(H,25,27). The van der Waals surface area contributed by atoms with Gasteiger partial charge in [-0.25, -0.2) is 17.6 Å². The Bertz CT molecular complexity index is 1290. The van der Waals surface area contributed by atoms with Gasteiger partial charge in [-0.3, -0.25) is 14.3 Å². The predicted octanol–water partition coefficient (Wildman–Crippen LogP) is 3.62. The van der Waals surface area contributed by atoms with Crippen molar-refractivity contribution in [1.29, 1.82) is 0 Å². The molecule has 0 atom stereocenters. The van der Waals surface area contributed by atoms with Gasteiger partial charge >= 0.3 is 5.97 Å². The van der Waals surface area contributed by atoms with E-state index in [-0.39, 0.29) is 27.6 Å². The number of amides is 1. The van der Waals surface area contributed by atoms with Crippen LogP contribution in [0.1, 0.15) is 27.6 Å². The van der Waals surface area contributed by atoms with Crippen molar-refractivity contribution in [2.24, 2.45) is 0 Å². The molecule has 33 heavy (non-hydrogen) atoms. The number of sulfonamides is 1. The van der Waals surface area contributed by atoms with Crippen molar-refractivity contribution in [3.63, 3.8) is 0 Å². The molecule has 0 unspecified atom stereocenters. The van der Waals surface area contributed by atoms with Gasteiger partial charge in [-0.2, -0.15) is 0 Å². The molecule has 2 N–H and O–H groups in total. The van der Waals surface area contributed by atoms with Crippen molar-refractivity contribution in [2.45, 2.75) is 11.8 Å². The molecule has 0 heterocycles. The number of carbonyl (C=O) groups excluding carboxylic acids is 3. The lowest BCUT2D eigenvalue weighted by Crippen LogP contribution is -2.16. The lowest BCUT2D eigenvalue weighted by molar-refractivity contribution is -0.114. The summed E-state index contributed by atoms with van der Waals surface area (Å²) in [5.41, 5.74) is 0.880. The van der Waals surface area contributed by atoms with E-state index < -0.39 is 34.2 Å². The molecule has 170 valence electrons. The fourth-order valence-electron chi connectivity index (χ4n) is 2.76. The Morgan fingerprint density at radius 2 is 1.52 bits per heavy atom. The van der Waals surface area contributed by atoms with Crippen LogP contribution in [0.5, 0.6) is 0 Å². The van der Waals surface area contributed by atoms with E-state index in [9.17, 15) is 27.2 Å². The largest absolute Gasteiger partial charge is 0.454 e. The smallest absolute Gasteiger partial charge is 0.338 e. The Morgan fingerprint density at radius 3 is 2.15 bits per heavy atom. The summed E-state index contributed by atoms with van der Waals surface area (Å²) >= 11 is 0. The molecule has 0 saturated carbocycles. The zero-order valence-corrected chi connectivity index (χ0v) is 18.2. The average molecular weight is 470 g/mol. The minimum absolute atomic E-state index is 0.0641. The van der Waals surface area contributed by atoms with Gasteiger partial charge in [0.25, 0.3) is 10.0 Å². The van der Waals surface area contributed by atoms with Crippen molar-refractivity contribution in [3.05, 3.63) is 89.7 Å². The van der Waals surface area contributed by atoms with Crippen molar-refractivity contribution in [3.8, 4) is 0 Å². The van der Waals surface area contributed by atoms with Crippen LogP contribution in [0.25, 0.3) is 0 Å². The summed E-state index contributed by atoms with van der Waals surface area (Å²) in [5, 5.41) is 2.57. The Balaban J connectivity index is 1.64. The molecule has 1 amide bonds. The van der Waals surface area contributed by atoms with Gasteiger partial charge in [0.15, 0.2) is 12.4 Å². The van der Waals surface area contributed by atoms with Gasteiger partial charge in [-0.05, 0) is 66.7 Å². The molecule has 0 radical (unpaired) electrons. The molecule has 10 heteroatoms. The first-order valence-corrected chi connectivity index (χ1v) is 11.1. The van der Waals surface area contributed by atoms with Gasteiger partial charge in [-0.15, -0.1) is 0 Å². The molecule has 3 rings (SSSR count). The van der Waals surface area contributed by atoms with Crippen LogP contribution in [-0.4, -0.2) is 32.7 Å². The molecule has 0 spiro atoms. The molecule has 3 aromatic rings. The van der Waals surface area contributed by atoms with Gasteiger partial charge in [0, 0.05) is 23.9 Å². The van der Waals surface area contributed by atoms with Crippen molar-refractivity contribution in [1.82, 2.24) is 0 Å². The quantitative estimate of drug-likeness (QED) is 0.383. The first kappa shape index (κ1) is 23.6.